The number of rotatable bonds is 2. The summed E-state index contributed by atoms with van der Waals surface area (Å²) in [6.07, 6.45) is -1.59. The highest BCUT2D eigenvalue weighted by molar-refractivity contribution is 5.68. The van der Waals surface area contributed by atoms with Gasteiger partial charge in [-0.15, -0.1) is 0 Å². The smallest absolute Gasteiger partial charge is 0.346 e. The van der Waals surface area contributed by atoms with Crippen LogP contribution >= 0.6 is 0 Å². The largest absolute Gasteiger partial charge is 0.394 e. The van der Waals surface area contributed by atoms with Crippen LogP contribution in [-0.2, 0) is 4.74 Å². The highest BCUT2D eigenvalue weighted by Gasteiger charge is 2.43. The molecule has 0 saturated carbocycles. The number of aliphatic hydroxyl groups excluding tert-OH is 3. The minimum atomic E-state index is -1.23. The fourth-order valence-electron chi connectivity index (χ4n) is 2.15. The molecule has 0 bridgehead atoms. The maximum Gasteiger partial charge on any atom is 0.346 e. The first-order valence-corrected chi connectivity index (χ1v) is 5.66. The van der Waals surface area contributed by atoms with Gasteiger partial charge in [0.15, 0.2) is 6.23 Å². The third-order valence-electron chi connectivity index (χ3n) is 3.14. The number of H-pyrrole nitrogens is 1. The Morgan fingerprint density at radius 2 is 2.16 bits per heavy atom. The molecule has 1 unspecified atom stereocenters. The summed E-state index contributed by atoms with van der Waals surface area (Å²) in [5.74, 6) is 0. The lowest BCUT2D eigenvalue weighted by molar-refractivity contribution is -0.0511. The molecule has 0 amide bonds. The van der Waals surface area contributed by atoms with Crippen molar-refractivity contribution >= 4 is 11.2 Å². The molecule has 19 heavy (non-hydrogen) atoms. The Morgan fingerprint density at radius 3 is 2.84 bits per heavy atom. The van der Waals surface area contributed by atoms with Crippen LogP contribution in [0.25, 0.3) is 11.2 Å². The van der Waals surface area contributed by atoms with Crippen LogP contribution in [0.5, 0.6) is 0 Å². The number of ether oxygens (including phenoxy) is 1. The summed E-state index contributed by atoms with van der Waals surface area (Å²) in [7, 11) is 0. The van der Waals surface area contributed by atoms with Crippen molar-refractivity contribution in [1.29, 1.82) is 0 Å². The van der Waals surface area contributed by atoms with Crippen molar-refractivity contribution in [1.82, 2.24) is 19.5 Å². The normalized spacial score (nSPS) is 31.1. The van der Waals surface area contributed by atoms with E-state index in [0.29, 0.717) is 11.2 Å². The van der Waals surface area contributed by atoms with Crippen molar-refractivity contribution < 1.29 is 20.1 Å². The van der Waals surface area contributed by atoms with Gasteiger partial charge in [-0.2, -0.15) is 4.98 Å². The quantitative estimate of drug-likeness (QED) is 0.482. The molecule has 4 atom stereocenters. The highest BCUT2D eigenvalue weighted by atomic mass is 16.6. The van der Waals surface area contributed by atoms with Crippen LogP contribution in [-0.4, -0.2) is 59.8 Å². The fraction of sp³-hybridized carbons (Fsp3) is 0.500. The molecule has 1 aliphatic rings. The molecule has 2 aromatic heterocycles. The summed E-state index contributed by atoms with van der Waals surface area (Å²) in [6, 6.07) is 0. The molecule has 3 heterocycles. The number of aromatic nitrogens is 4. The first kappa shape index (κ1) is 12.2. The lowest BCUT2D eigenvalue weighted by Crippen LogP contribution is -2.33. The maximum atomic E-state index is 11.2. The molecule has 0 spiro atoms. The number of fused-ring (bicyclic) bond motifs is 1. The van der Waals surface area contributed by atoms with E-state index in [9.17, 15) is 15.0 Å². The average molecular weight is 268 g/mol. The molecule has 102 valence electrons. The molecule has 2 aromatic rings. The van der Waals surface area contributed by atoms with Crippen molar-refractivity contribution in [3.05, 3.63) is 23.0 Å². The summed E-state index contributed by atoms with van der Waals surface area (Å²) >= 11 is 0. The van der Waals surface area contributed by atoms with E-state index in [4.69, 9.17) is 9.84 Å². The summed E-state index contributed by atoms with van der Waals surface area (Å²) < 4.78 is 6.75. The molecule has 4 N–H and O–H groups in total. The van der Waals surface area contributed by atoms with Crippen LogP contribution < -0.4 is 5.69 Å². The van der Waals surface area contributed by atoms with Gasteiger partial charge >= 0.3 is 5.69 Å². The van der Waals surface area contributed by atoms with Gasteiger partial charge < -0.3 is 20.1 Å². The van der Waals surface area contributed by atoms with E-state index in [2.05, 4.69) is 15.0 Å². The minimum absolute atomic E-state index is 0.329. The van der Waals surface area contributed by atoms with Crippen LogP contribution in [0.4, 0.5) is 0 Å². The van der Waals surface area contributed by atoms with Gasteiger partial charge in [-0.3, -0.25) is 9.55 Å². The number of aliphatic hydroxyl groups is 3. The zero-order valence-corrected chi connectivity index (χ0v) is 9.67. The molecule has 0 aromatic carbocycles. The number of imidazole rings is 1. The molecule has 0 radical (unpaired) electrons. The van der Waals surface area contributed by atoms with Crippen LogP contribution in [0.2, 0.25) is 0 Å². The first-order chi connectivity index (χ1) is 9.11. The van der Waals surface area contributed by atoms with Gasteiger partial charge in [-0.25, -0.2) is 9.78 Å². The lowest BCUT2D eigenvalue weighted by Gasteiger charge is -2.16. The third kappa shape index (κ3) is 1.83. The Labute approximate surface area is 106 Å². The SMILES string of the molecule is O=c1ncc2ncn(C3O[C@H](CO)[C@@H](O)[C@H]3O)c2[nH]1. The zero-order valence-electron chi connectivity index (χ0n) is 9.67. The Kier molecular flexibility index (Phi) is 2.82. The van der Waals surface area contributed by atoms with Crippen molar-refractivity contribution in [2.75, 3.05) is 6.61 Å². The molecule has 1 fully saturated rings. The van der Waals surface area contributed by atoms with Gasteiger partial charge in [0.05, 0.1) is 19.1 Å². The Bertz CT molecular complexity index is 653. The lowest BCUT2D eigenvalue weighted by atomic mass is 10.1. The number of hydrogen-bond acceptors (Lipinski definition) is 7. The second-order valence-electron chi connectivity index (χ2n) is 4.30. The molecule has 0 aliphatic carbocycles. The van der Waals surface area contributed by atoms with Crippen LogP contribution in [0.1, 0.15) is 6.23 Å². The zero-order chi connectivity index (χ0) is 13.6. The van der Waals surface area contributed by atoms with Gasteiger partial charge in [0.2, 0.25) is 0 Å². The average Bonchev–Trinajstić information content (AvgIpc) is 2.92. The summed E-state index contributed by atoms with van der Waals surface area (Å²) in [5.41, 5.74) is 0.202. The van der Waals surface area contributed by atoms with Crippen molar-refractivity contribution in [2.45, 2.75) is 24.5 Å². The summed E-state index contributed by atoms with van der Waals surface area (Å²) in [6.45, 7) is -0.417. The van der Waals surface area contributed by atoms with E-state index in [1.807, 2.05) is 0 Å². The van der Waals surface area contributed by atoms with Gasteiger partial charge in [-0.1, -0.05) is 0 Å². The number of aromatic amines is 1. The highest BCUT2D eigenvalue weighted by Crippen LogP contribution is 2.30. The Balaban J connectivity index is 2.05. The predicted molar refractivity (Wildman–Crippen MR) is 61.2 cm³/mol. The topological polar surface area (TPSA) is 133 Å². The van der Waals surface area contributed by atoms with Crippen molar-refractivity contribution in [2.24, 2.45) is 0 Å². The predicted octanol–water partition coefficient (Wildman–Crippen LogP) is -2.27. The van der Waals surface area contributed by atoms with Gasteiger partial charge in [0, 0.05) is 0 Å². The van der Waals surface area contributed by atoms with Crippen LogP contribution in [0.3, 0.4) is 0 Å². The van der Waals surface area contributed by atoms with E-state index in [1.165, 1.54) is 17.1 Å². The van der Waals surface area contributed by atoms with Gasteiger partial charge in [0.1, 0.15) is 29.5 Å². The van der Waals surface area contributed by atoms with Gasteiger partial charge in [-0.05, 0) is 0 Å². The monoisotopic (exact) mass is 268 g/mol. The second-order valence-corrected chi connectivity index (χ2v) is 4.30. The van der Waals surface area contributed by atoms with E-state index >= 15 is 0 Å². The molecule has 9 nitrogen and oxygen atoms in total. The van der Waals surface area contributed by atoms with E-state index in [-0.39, 0.29) is 0 Å². The number of nitrogens with zero attached hydrogens (tertiary/aromatic N) is 3. The standard InChI is InChI=1S/C10H12N4O5/c15-2-5-6(16)7(17)9(19-5)14-3-12-4-1-11-10(18)13-8(4)14/h1,3,5-7,9,15-17H,2H2,(H,11,13,18)/t5-,6-,7-,9?/m1/s1. The van der Waals surface area contributed by atoms with Crippen LogP contribution in [0, 0.1) is 0 Å². The number of hydrogen-bond donors (Lipinski definition) is 4. The molecular formula is C10H12N4O5. The maximum absolute atomic E-state index is 11.2. The van der Waals surface area contributed by atoms with Crippen molar-refractivity contribution in [3.8, 4) is 0 Å². The Morgan fingerprint density at radius 1 is 1.37 bits per heavy atom. The van der Waals surface area contributed by atoms with E-state index < -0.39 is 36.8 Å². The van der Waals surface area contributed by atoms with E-state index in [0.717, 1.165) is 0 Å². The van der Waals surface area contributed by atoms with Crippen molar-refractivity contribution in [3.63, 3.8) is 0 Å². The number of nitrogens with one attached hydrogen (secondary N) is 1. The molecule has 1 aliphatic heterocycles. The summed E-state index contributed by atoms with van der Waals surface area (Å²) in [4.78, 5) is 21.2. The minimum Gasteiger partial charge on any atom is -0.394 e. The third-order valence-corrected chi connectivity index (χ3v) is 3.14. The second kappa shape index (κ2) is 4.38. The van der Waals surface area contributed by atoms with Gasteiger partial charge in [0.25, 0.3) is 0 Å². The summed E-state index contributed by atoms with van der Waals surface area (Å²) in [5, 5.41) is 28.7. The molecule has 9 heteroatoms. The first-order valence-electron chi connectivity index (χ1n) is 5.66. The Hall–Kier alpha value is -1.81. The fourth-order valence-corrected chi connectivity index (χ4v) is 2.15. The van der Waals surface area contributed by atoms with E-state index in [1.54, 1.807) is 0 Å². The molecule has 1 saturated heterocycles. The van der Waals surface area contributed by atoms with Crippen LogP contribution in [0.15, 0.2) is 17.3 Å². The molecule has 3 rings (SSSR count). The molecular weight excluding hydrogens is 256 g/mol.